The molecule has 0 bridgehead atoms. The molecular formula is C49H35BN2Si. The molecule has 0 amide bonds. The monoisotopic (exact) mass is 690 g/mol. The smallest absolute Gasteiger partial charge is 0.252 e. The van der Waals surface area contributed by atoms with Crippen LogP contribution in [-0.2, 0) is 0 Å². The molecule has 0 fully saturated rings. The van der Waals surface area contributed by atoms with Crippen molar-refractivity contribution in [3.63, 3.8) is 0 Å². The van der Waals surface area contributed by atoms with Gasteiger partial charge in [0.25, 0.3) is 6.71 Å². The van der Waals surface area contributed by atoms with Crippen LogP contribution in [-0.4, -0.2) is 14.8 Å². The van der Waals surface area contributed by atoms with Gasteiger partial charge in [-0.05, 0) is 109 Å². The minimum absolute atomic E-state index is 0.116. The van der Waals surface area contributed by atoms with Crippen molar-refractivity contribution in [1.29, 1.82) is 0 Å². The Labute approximate surface area is 312 Å². The molecule has 3 heterocycles. The first-order valence-electron chi connectivity index (χ1n) is 18.6. The van der Waals surface area contributed by atoms with Crippen LogP contribution in [0.5, 0.6) is 0 Å². The van der Waals surface area contributed by atoms with Gasteiger partial charge in [-0.3, -0.25) is 0 Å². The van der Waals surface area contributed by atoms with Crippen LogP contribution in [0.15, 0.2) is 194 Å². The molecule has 8 aromatic carbocycles. The molecule has 2 nitrogen and oxygen atoms in total. The van der Waals surface area contributed by atoms with Gasteiger partial charge in [-0.25, -0.2) is 0 Å². The summed E-state index contributed by atoms with van der Waals surface area (Å²) in [5.41, 5.74) is 15.3. The van der Waals surface area contributed by atoms with E-state index in [-0.39, 0.29) is 6.71 Å². The van der Waals surface area contributed by atoms with Crippen LogP contribution in [0.4, 0.5) is 34.1 Å². The van der Waals surface area contributed by atoms with Gasteiger partial charge in [0.05, 0.1) is 0 Å². The highest BCUT2D eigenvalue weighted by atomic mass is 28.3. The standard InChI is InChI=1S/C49H35BN2Si/c1-34-31-45-49-46(32-34)52(44-27-15-13-25-42(44)50(49)41-24-12-14-26-43(41)51(45)35-17-5-2-6-18-35)36-29-30-40-39-23-11-16-28-47(39)53(48(40)33-36,37-19-7-3-8-20-37)38-21-9-4-10-22-38/h2-33H,1H3. The quantitative estimate of drug-likeness (QED) is 0.177. The summed E-state index contributed by atoms with van der Waals surface area (Å²) < 4.78 is 0. The zero-order valence-corrected chi connectivity index (χ0v) is 30.4. The molecule has 8 aromatic rings. The summed E-state index contributed by atoms with van der Waals surface area (Å²) in [6.07, 6.45) is 0. The number of hydrogen-bond acceptors (Lipinski definition) is 2. The van der Waals surface area contributed by atoms with E-state index in [1.54, 1.807) is 0 Å². The van der Waals surface area contributed by atoms with Crippen molar-refractivity contribution >= 4 is 86.0 Å². The molecule has 4 heteroatoms. The van der Waals surface area contributed by atoms with Gasteiger partial charge >= 0.3 is 0 Å². The van der Waals surface area contributed by atoms with E-state index in [0.717, 1.165) is 0 Å². The minimum Gasteiger partial charge on any atom is -0.311 e. The van der Waals surface area contributed by atoms with Crippen molar-refractivity contribution in [1.82, 2.24) is 0 Å². The van der Waals surface area contributed by atoms with Crippen LogP contribution in [0.1, 0.15) is 5.56 Å². The van der Waals surface area contributed by atoms with Crippen molar-refractivity contribution < 1.29 is 0 Å². The number of para-hydroxylation sites is 3. The predicted molar refractivity (Wildman–Crippen MR) is 228 cm³/mol. The normalized spacial score (nSPS) is 14.2. The van der Waals surface area contributed by atoms with Crippen LogP contribution >= 0.6 is 0 Å². The zero-order valence-electron chi connectivity index (χ0n) is 29.4. The molecule has 0 aliphatic carbocycles. The number of aryl methyl sites for hydroxylation is 1. The first kappa shape index (κ1) is 30.3. The third-order valence-corrected chi connectivity index (χ3v) is 16.6. The molecular weight excluding hydrogens is 655 g/mol. The zero-order chi connectivity index (χ0) is 35.1. The fourth-order valence-corrected chi connectivity index (χ4v) is 14.9. The molecule has 11 rings (SSSR count). The second-order valence-electron chi connectivity index (χ2n) is 14.5. The van der Waals surface area contributed by atoms with Crippen LogP contribution in [0.3, 0.4) is 0 Å². The van der Waals surface area contributed by atoms with Crippen molar-refractivity contribution in [2.45, 2.75) is 6.92 Å². The molecule has 3 aliphatic heterocycles. The van der Waals surface area contributed by atoms with E-state index in [1.165, 1.54) is 87.9 Å². The van der Waals surface area contributed by atoms with E-state index >= 15 is 0 Å². The Hall–Kier alpha value is -6.36. The summed E-state index contributed by atoms with van der Waals surface area (Å²) in [5, 5.41) is 5.74. The Morgan fingerprint density at radius 2 is 0.887 bits per heavy atom. The summed E-state index contributed by atoms with van der Waals surface area (Å²) in [6, 6.07) is 72.9. The average Bonchev–Trinajstić information content (AvgIpc) is 3.52. The third kappa shape index (κ3) is 4.21. The summed E-state index contributed by atoms with van der Waals surface area (Å²) >= 11 is 0. The van der Waals surface area contributed by atoms with Crippen molar-refractivity contribution in [2.24, 2.45) is 0 Å². The second kappa shape index (κ2) is 11.6. The van der Waals surface area contributed by atoms with Gasteiger partial charge in [0.2, 0.25) is 0 Å². The summed E-state index contributed by atoms with van der Waals surface area (Å²) in [6.45, 7) is 2.36. The molecule has 53 heavy (non-hydrogen) atoms. The minimum atomic E-state index is -2.67. The largest absolute Gasteiger partial charge is 0.311 e. The van der Waals surface area contributed by atoms with Crippen LogP contribution in [0.2, 0.25) is 0 Å². The molecule has 0 N–H and O–H groups in total. The maximum Gasteiger partial charge on any atom is 0.252 e. The van der Waals surface area contributed by atoms with Crippen LogP contribution in [0, 0.1) is 6.92 Å². The second-order valence-corrected chi connectivity index (χ2v) is 18.3. The van der Waals surface area contributed by atoms with Gasteiger partial charge in [0, 0.05) is 34.1 Å². The molecule has 3 aliphatic rings. The Morgan fingerprint density at radius 3 is 1.51 bits per heavy atom. The topological polar surface area (TPSA) is 6.48 Å². The van der Waals surface area contributed by atoms with E-state index in [4.69, 9.17) is 0 Å². The van der Waals surface area contributed by atoms with Gasteiger partial charge in [-0.15, -0.1) is 0 Å². The Kier molecular flexibility index (Phi) is 6.61. The first-order chi connectivity index (χ1) is 26.2. The van der Waals surface area contributed by atoms with Crippen LogP contribution < -0.4 is 46.9 Å². The number of hydrogen-bond donors (Lipinski definition) is 0. The first-order valence-corrected chi connectivity index (χ1v) is 20.6. The molecule has 248 valence electrons. The number of fused-ring (bicyclic) bond motifs is 7. The van der Waals surface area contributed by atoms with Crippen molar-refractivity contribution in [3.05, 3.63) is 200 Å². The lowest BCUT2D eigenvalue weighted by atomic mass is 9.33. The third-order valence-electron chi connectivity index (χ3n) is 11.7. The van der Waals surface area contributed by atoms with Crippen LogP contribution in [0.25, 0.3) is 11.1 Å². The van der Waals surface area contributed by atoms with E-state index in [1.807, 2.05) is 0 Å². The maximum atomic E-state index is 2.56. The van der Waals surface area contributed by atoms with Crippen molar-refractivity contribution in [3.8, 4) is 11.1 Å². The summed E-state index contributed by atoms with van der Waals surface area (Å²) in [7, 11) is -2.67. The van der Waals surface area contributed by atoms with Gasteiger partial charge in [-0.2, -0.15) is 0 Å². The average molecular weight is 691 g/mol. The molecule has 0 spiro atoms. The number of rotatable bonds is 4. The van der Waals surface area contributed by atoms with E-state index in [2.05, 4.69) is 211 Å². The van der Waals surface area contributed by atoms with Gasteiger partial charge < -0.3 is 9.80 Å². The molecule has 0 saturated carbocycles. The lowest BCUT2D eigenvalue weighted by molar-refractivity contribution is 1.24. The highest BCUT2D eigenvalue weighted by molar-refractivity contribution is 7.22. The van der Waals surface area contributed by atoms with E-state index < -0.39 is 8.07 Å². The molecule has 0 unspecified atom stereocenters. The lowest BCUT2D eigenvalue weighted by Gasteiger charge is -2.44. The van der Waals surface area contributed by atoms with Crippen molar-refractivity contribution in [2.75, 3.05) is 9.80 Å². The molecule has 0 aromatic heterocycles. The number of benzene rings is 8. The number of nitrogens with zero attached hydrogens (tertiary/aromatic N) is 2. The van der Waals surface area contributed by atoms with Gasteiger partial charge in [0.1, 0.15) is 0 Å². The highest BCUT2D eigenvalue weighted by Crippen LogP contribution is 2.45. The SMILES string of the molecule is Cc1cc2c3c(c1)N(c1ccc4c(c1)[Si](c1ccccc1)(c1ccccc1)c1ccccc1-4)c1ccccc1B3c1ccccc1N2c1ccccc1. The lowest BCUT2D eigenvalue weighted by Crippen LogP contribution is -2.72. The molecule has 0 radical (unpaired) electrons. The predicted octanol–water partition coefficient (Wildman–Crippen LogP) is 7.44. The summed E-state index contributed by atoms with van der Waals surface area (Å²) in [4.78, 5) is 5.04. The maximum absolute atomic E-state index is 2.67. The fourth-order valence-electron chi connectivity index (χ4n) is 9.74. The highest BCUT2D eigenvalue weighted by Gasteiger charge is 2.49. The van der Waals surface area contributed by atoms with Gasteiger partial charge in [0.15, 0.2) is 8.07 Å². The fraction of sp³-hybridized carbons (Fsp3) is 0.0204. The molecule has 0 atom stereocenters. The van der Waals surface area contributed by atoms with E-state index in [0.29, 0.717) is 0 Å². The van der Waals surface area contributed by atoms with Gasteiger partial charge in [-0.1, -0.05) is 146 Å². The Bertz CT molecular complexity index is 2670. The Morgan fingerprint density at radius 1 is 0.396 bits per heavy atom. The Balaban J connectivity index is 1.21. The summed E-state index contributed by atoms with van der Waals surface area (Å²) in [5.74, 6) is 0. The van der Waals surface area contributed by atoms with E-state index in [9.17, 15) is 0 Å². The molecule has 0 saturated heterocycles. The number of anilines is 6.